The Hall–Kier alpha value is -1.07. The van der Waals surface area contributed by atoms with E-state index in [1.807, 2.05) is 18.5 Å². The van der Waals surface area contributed by atoms with Gasteiger partial charge >= 0.3 is 0 Å². The highest BCUT2D eigenvalue weighted by atomic mass is 16.3. The molecule has 80 valence electrons. The van der Waals surface area contributed by atoms with Crippen molar-refractivity contribution < 1.29 is 5.11 Å². The first-order valence-corrected chi connectivity index (χ1v) is 4.77. The Balaban J connectivity index is 2.47. The first-order valence-electron chi connectivity index (χ1n) is 4.77. The lowest BCUT2D eigenvalue weighted by molar-refractivity contribution is 0.281. The smallest absolute Gasteiger partial charge is 0.0730 e. The fourth-order valence-electron chi connectivity index (χ4n) is 1.28. The third-order valence-corrected chi connectivity index (χ3v) is 2.19. The maximum atomic E-state index is 8.64. The van der Waals surface area contributed by atoms with Crippen molar-refractivity contribution in [3.8, 4) is 0 Å². The summed E-state index contributed by atoms with van der Waals surface area (Å²) >= 11 is 0. The molecule has 0 aromatic carbocycles. The van der Waals surface area contributed by atoms with Gasteiger partial charge in [0, 0.05) is 12.6 Å². The van der Waals surface area contributed by atoms with Crippen LogP contribution in [0.2, 0.25) is 0 Å². The van der Waals surface area contributed by atoms with Crippen LogP contribution in [0, 0.1) is 6.92 Å². The van der Waals surface area contributed by atoms with Crippen LogP contribution in [0.5, 0.6) is 0 Å². The Bertz CT molecular complexity index is 284. The van der Waals surface area contributed by atoms with E-state index in [1.54, 1.807) is 6.20 Å². The molecule has 0 aliphatic heterocycles. The van der Waals surface area contributed by atoms with Gasteiger partial charge in [0.15, 0.2) is 0 Å². The van der Waals surface area contributed by atoms with Gasteiger partial charge in [-0.3, -0.25) is 4.68 Å². The van der Waals surface area contributed by atoms with Crippen molar-refractivity contribution in [2.75, 3.05) is 18.9 Å². The van der Waals surface area contributed by atoms with Gasteiger partial charge in [0.25, 0.3) is 0 Å². The third-order valence-electron chi connectivity index (χ3n) is 2.19. The van der Waals surface area contributed by atoms with Crippen molar-refractivity contribution in [1.82, 2.24) is 15.1 Å². The predicted octanol–water partition coefficient (Wildman–Crippen LogP) is -0.256. The summed E-state index contributed by atoms with van der Waals surface area (Å²) in [5.41, 5.74) is 7.38. The van der Waals surface area contributed by atoms with Crippen molar-refractivity contribution >= 4 is 5.69 Å². The quantitative estimate of drug-likeness (QED) is 0.609. The number of nitrogens with two attached hydrogens (primary N) is 1. The summed E-state index contributed by atoms with van der Waals surface area (Å²) in [7, 11) is 0. The molecule has 5 nitrogen and oxygen atoms in total. The van der Waals surface area contributed by atoms with Crippen molar-refractivity contribution in [2.45, 2.75) is 26.4 Å². The van der Waals surface area contributed by atoms with E-state index >= 15 is 0 Å². The minimum absolute atomic E-state index is 0.157. The van der Waals surface area contributed by atoms with E-state index in [2.05, 4.69) is 10.4 Å². The molecule has 0 spiro atoms. The number of nitrogens with zero attached hydrogens (tertiary/aromatic N) is 2. The monoisotopic (exact) mass is 198 g/mol. The van der Waals surface area contributed by atoms with Crippen LogP contribution in [0.15, 0.2) is 6.20 Å². The Morgan fingerprint density at radius 1 is 1.71 bits per heavy atom. The zero-order chi connectivity index (χ0) is 10.6. The number of anilines is 1. The number of hydrogen-bond donors (Lipinski definition) is 3. The number of nitrogens with one attached hydrogen (secondary N) is 1. The van der Waals surface area contributed by atoms with Crippen LogP contribution >= 0.6 is 0 Å². The summed E-state index contributed by atoms with van der Waals surface area (Å²) in [5, 5.41) is 16.0. The highest BCUT2D eigenvalue weighted by molar-refractivity contribution is 5.39. The summed E-state index contributed by atoms with van der Waals surface area (Å²) in [6.07, 6.45) is 1.66. The van der Waals surface area contributed by atoms with E-state index in [9.17, 15) is 0 Å². The van der Waals surface area contributed by atoms with Crippen LogP contribution in [0.1, 0.15) is 12.6 Å². The second-order valence-corrected chi connectivity index (χ2v) is 3.45. The minimum atomic E-state index is 0.157. The highest BCUT2D eigenvalue weighted by Crippen LogP contribution is 2.08. The molecule has 0 saturated heterocycles. The van der Waals surface area contributed by atoms with Crippen molar-refractivity contribution in [3.63, 3.8) is 0 Å². The lowest BCUT2D eigenvalue weighted by atomic mass is 10.3. The third kappa shape index (κ3) is 2.71. The molecule has 1 atom stereocenters. The van der Waals surface area contributed by atoms with Crippen molar-refractivity contribution in [2.24, 2.45) is 0 Å². The maximum absolute atomic E-state index is 8.64. The molecule has 14 heavy (non-hydrogen) atoms. The van der Waals surface area contributed by atoms with E-state index in [4.69, 9.17) is 10.8 Å². The molecule has 0 aliphatic rings. The Labute approximate surface area is 83.9 Å². The maximum Gasteiger partial charge on any atom is 0.0730 e. The topological polar surface area (TPSA) is 76.1 Å². The average molecular weight is 198 g/mol. The van der Waals surface area contributed by atoms with Crippen molar-refractivity contribution in [1.29, 1.82) is 0 Å². The summed E-state index contributed by atoms with van der Waals surface area (Å²) in [4.78, 5) is 0. The molecule has 1 aromatic rings. The van der Waals surface area contributed by atoms with Gasteiger partial charge < -0.3 is 16.2 Å². The van der Waals surface area contributed by atoms with Gasteiger partial charge in [-0.05, 0) is 13.8 Å². The van der Waals surface area contributed by atoms with Gasteiger partial charge in [-0.1, -0.05) is 0 Å². The summed E-state index contributed by atoms with van der Waals surface area (Å²) < 4.78 is 1.87. The van der Waals surface area contributed by atoms with Gasteiger partial charge in [0.05, 0.1) is 30.7 Å². The van der Waals surface area contributed by atoms with Crippen molar-refractivity contribution in [3.05, 3.63) is 11.9 Å². The highest BCUT2D eigenvalue weighted by Gasteiger charge is 2.06. The summed E-state index contributed by atoms with van der Waals surface area (Å²) in [6.45, 7) is 5.53. The first kappa shape index (κ1) is 11.0. The lowest BCUT2D eigenvalue weighted by Crippen LogP contribution is -2.33. The largest absolute Gasteiger partial charge is 0.396 e. The van der Waals surface area contributed by atoms with Crippen LogP contribution in [-0.4, -0.2) is 34.1 Å². The number of aliphatic hydroxyl groups is 1. The molecular weight excluding hydrogens is 180 g/mol. The first-order chi connectivity index (χ1) is 6.65. The second-order valence-electron chi connectivity index (χ2n) is 3.45. The van der Waals surface area contributed by atoms with Gasteiger partial charge in [0.2, 0.25) is 0 Å². The molecule has 0 amide bonds. The van der Waals surface area contributed by atoms with Crippen LogP contribution in [0.25, 0.3) is 0 Å². The van der Waals surface area contributed by atoms with E-state index in [0.717, 1.165) is 17.9 Å². The molecule has 0 aliphatic carbocycles. The van der Waals surface area contributed by atoms with Crippen LogP contribution in [0.3, 0.4) is 0 Å². The molecule has 5 heteroatoms. The van der Waals surface area contributed by atoms with E-state index in [1.165, 1.54) is 0 Å². The standard InChI is InChI=1S/C9H18N4O/c1-7(11-3-4-14)6-13-8(2)9(10)5-12-13/h5,7,11,14H,3-4,6,10H2,1-2H3. The van der Waals surface area contributed by atoms with E-state index in [0.29, 0.717) is 6.54 Å². The molecule has 0 saturated carbocycles. The lowest BCUT2D eigenvalue weighted by Gasteiger charge is -2.13. The van der Waals surface area contributed by atoms with Crippen LogP contribution < -0.4 is 11.1 Å². The second kappa shape index (κ2) is 4.97. The summed E-state index contributed by atoms with van der Waals surface area (Å²) in [6, 6.07) is 0.278. The molecule has 1 aromatic heterocycles. The molecular formula is C9H18N4O. The average Bonchev–Trinajstić information content (AvgIpc) is 2.46. The zero-order valence-corrected chi connectivity index (χ0v) is 8.70. The zero-order valence-electron chi connectivity index (χ0n) is 8.70. The molecule has 1 unspecified atom stereocenters. The fraction of sp³-hybridized carbons (Fsp3) is 0.667. The van der Waals surface area contributed by atoms with Gasteiger partial charge in [-0.15, -0.1) is 0 Å². The van der Waals surface area contributed by atoms with Crippen LogP contribution in [-0.2, 0) is 6.54 Å². The normalized spacial score (nSPS) is 13.1. The van der Waals surface area contributed by atoms with E-state index in [-0.39, 0.29) is 12.6 Å². The number of rotatable bonds is 5. The minimum Gasteiger partial charge on any atom is -0.396 e. The Morgan fingerprint density at radius 2 is 2.43 bits per heavy atom. The fourth-order valence-corrected chi connectivity index (χ4v) is 1.28. The number of nitrogen functional groups attached to an aromatic ring is 1. The van der Waals surface area contributed by atoms with Gasteiger partial charge in [-0.25, -0.2) is 0 Å². The molecule has 0 radical (unpaired) electrons. The number of hydrogen-bond acceptors (Lipinski definition) is 4. The predicted molar refractivity (Wildman–Crippen MR) is 55.9 cm³/mol. The molecule has 0 fully saturated rings. The van der Waals surface area contributed by atoms with Gasteiger partial charge in [-0.2, -0.15) is 5.10 Å². The SMILES string of the molecule is Cc1c(N)cnn1CC(C)NCCO. The Morgan fingerprint density at radius 3 is 2.93 bits per heavy atom. The number of aliphatic hydroxyl groups excluding tert-OH is 1. The van der Waals surface area contributed by atoms with E-state index < -0.39 is 0 Å². The van der Waals surface area contributed by atoms with Gasteiger partial charge in [0.1, 0.15) is 0 Å². The molecule has 4 N–H and O–H groups in total. The molecule has 1 rings (SSSR count). The van der Waals surface area contributed by atoms with Crippen LogP contribution in [0.4, 0.5) is 5.69 Å². The summed E-state index contributed by atoms with van der Waals surface area (Å²) in [5.74, 6) is 0. The molecule has 1 heterocycles. The molecule has 0 bridgehead atoms. The number of aromatic nitrogens is 2. The Kier molecular flexibility index (Phi) is 3.91.